The van der Waals surface area contributed by atoms with Gasteiger partial charge in [0.15, 0.2) is 0 Å². The number of aliphatic carboxylic acids is 1. The lowest BCUT2D eigenvalue weighted by Gasteiger charge is -2.38. The Morgan fingerprint density at radius 2 is 1.65 bits per heavy atom. The summed E-state index contributed by atoms with van der Waals surface area (Å²) in [7, 11) is 0. The average molecular weight is 356 g/mol. The number of nitrogens with zero attached hydrogens (tertiary/aromatic N) is 2. The number of piperazine rings is 1. The highest BCUT2D eigenvalue weighted by Gasteiger charge is 2.38. The summed E-state index contributed by atoms with van der Waals surface area (Å²) >= 11 is 0. The van der Waals surface area contributed by atoms with E-state index in [1.54, 1.807) is 0 Å². The second-order valence-electron chi connectivity index (χ2n) is 7.27. The van der Waals surface area contributed by atoms with Crippen molar-refractivity contribution in [2.75, 3.05) is 32.7 Å². The van der Waals surface area contributed by atoms with Crippen molar-refractivity contribution in [3.8, 4) is 0 Å². The van der Waals surface area contributed by atoms with Crippen molar-refractivity contribution < 1.29 is 14.7 Å². The molecule has 1 amide bonds. The van der Waals surface area contributed by atoms with Gasteiger partial charge in [-0.05, 0) is 18.4 Å². The number of hydrogen-bond acceptors (Lipinski definition) is 3. The highest BCUT2D eigenvalue weighted by molar-refractivity contribution is 5.85. The van der Waals surface area contributed by atoms with E-state index in [2.05, 4.69) is 29.2 Å². The molecule has 1 saturated carbocycles. The molecule has 0 aromatic heterocycles. The van der Waals surface area contributed by atoms with E-state index in [9.17, 15) is 14.7 Å². The standard InChI is InChI=1S/C21H28N2O3/c24-20(18-10-4-5-11-19(18)21(25)26)23-15-13-22(14-16-23)12-6-9-17-7-2-1-3-8-17/h1-3,6-9,18-19H,4-5,10-16H2,(H,25,26)/b9-6+/t18-,19-/m1/s1. The number of rotatable bonds is 5. The third-order valence-electron chi connectivity index (χ3n) is 5.56. The fourth-order valence-corrected chi connectivity index (χ4v) is 4.01. The fourth-order valence-electron chi connectivity index (χ4n) is 4.01. The Balaban J connectivity index is 1.47. The summed E-state index contributed by atoms with van der Waals surface area (Å²) in [4.78, 5) is 28.5. The number of benzene rings is 1. The molecule has 3 rings (SSSR count). The SMILES string of the molecule is O=C(O)[C@@H]1CCCC[C@H]1C(=O)N1CCN(C/C=C/c2ccccc2)CC1. The number of carbonyl (C=O) groups excluding carboxylic acids is 1. The maximum absolute atomic E-state index is 12.8. The Hall–Kier alpha value is -2.14. The monoisotopic (exact) mass is 356 g/mol. The maximum atomic E-state index is 12.8. The Morgan fingerprint density at radius 1 is 1.00 bits per heavy atom. The molecule has 0 unspecified atom stereocenters. The van der Waals surface area contributed by atoms with Crippen LogP contribution in [0, 0.1) is 11.8 Å². The van der Waals surface area contributed by atoms with Crippen molar-refractivity contribution in [3.05, 3.63) is 42.0 Å². The molecule has 0 bridgehead atoms. The Labute approximate surface area is 155 Å². The van der Waals surface area contributed by atoms with E-state index in [0.29, 0.717) is 19.5 Å². The number of hydrogen-bond donors (Lipinski definition) is 1. The van der Waals surface area contributed by atoms with Gasteiger partial charge in [-0.25, -0.2) is 0 Å². The molecule has 2 aliphatic rings. The van der Waals surface area contributed by atoms with Crippen molar-refractivity contribution in [1.82, 2.24) is 9.80 Å². The lowest BCUT2D eigenvalue weighted by atomic mass is 9.78. The van der Waals surface area contributed by atoms with Crippen molar-refractivity contribution in [3.63, 3.8) is 0 Å². The smallest absolute Gasteiger partial charge is 0.307 e. The zero-order valence-corrected chi connectivity index (χ0v) is 15.2. The number of carbonyl (C=O) groups is 2. The van der Waals surface area contributed by atoms with Gasteiger partial charge in [0.2, 0.25) is 5.91 Å². The van der Waals surface area contributed by atoms with Crippen LogP contribution in [0.5, 0.6) is 0 Å². The molecule has 0 radical (unpaired) electrons. The molecule has 140 valence electrons. The Kier molecular flexibility index (Phi) is 6.45. The van der Waals surface area contributed by atoms with E-state index in [-0.39, 0.29) is 11.8 Å². The molecule has 2 atom stereocenters. The summed E-state index contributed by atoms with van der Waals surface area (Å²) in [5.74, 6) is -1.59. The quantitative estimate of drug-likeness (QED) is 0.881. The summed E-state index contributed by atoms with van der Waals surface area (Å²) in [6.07, 6.45) is 7.52. The zero-order valence-electron chi connectivity index (χ0n) is 15.2. The second-order valence-corrected chi connectivity index (χ2v) is 7.27. The van der Waals surface area contributed by atoms with E-state index < -0.39 is 11.9 Å². The Bertz CT molecular complexity index is 636. The van der Waals surface area contributed by atoms with Gasteiger partial charge in [0, 0.05) is 32.7 Å². The van der Waals surface area contributed by atoms with E-state index in [1.807, 2.05) is 23.1 Å². The topological polar surface area (TPSA) is 60.9 Å². The molecule has 26 heavy (non-hydrogen) atoms. The molecule has 1 aromatic rings. The third-order valence-corrected chi connectivity index (χ3v) is 5.56. The van der Waals surface area contributed by atoms with Crippen LogP contribution < -0.4 is 0 Å². The molecule has 1 aliphatic heterocycles. The largest absolute Gasteiger partial charge is 0.481 e. The summed E-state index contributed by atoms with van der Waals surface area (Å²) in [6.45, 7) is 3.95. The van der Waals surface area contributed by atoms with E-state index in [1.165, 1.54) is 5.56 Å². The highest BCUT2D eigenvalue weighted by Crippen LogP contribution is 2.32. The van der Waals surface area contributed by atoms with Crippen LogP contribution in [-0.2, 0) is 9.59 Å². The van der Waals surface area contributed by atoms with E-state index in [4.69, 9.17) is 0 Å². The van der Waals surface area contributed by atoms with E-state index in [0.717, 1.165) is 38.9 Å². The first kappa shape index (κ1) is 18.6. The zero-order chi connectivity index (χ0) is 18.4. The van der Waals surface area contributed by atoms with Gasteiger partial charge in [0.25, 0.3) is 0 Å². The number of amides is 1. The molecule has 5 heteroatoms. The first-order valence-corrected chi connectivity index (χ1v) is 9.60. The van der Waals surface area contributed by atoms with Gasteiger partial charge in [0.1, 0.15) is 0 Å². The molecule has 1 saturated heterocycles. The molecule has 1 aliphatic carbocycles. The van der Waals surface area contributed by atoms with Crippen molar-refractivity contribution in [1.29, 1.82) is 0 Å². The summed E-state index contributed by atoms with van der Waals surface area (Å²) < 4.78 is 0. The normalized spacial score (nSPS) is 24.7. The van der Waals surface area contributed by atoms with Gasteiger partial charge in [0.05, 0.1) is 11.8 Å². The van der Waals surface area contributed by atoms with Crippen molar-refractivity contribution in [2.24, 2.45) is 11.8 Å². The highest BCUT2D eigenvalue weighted by atomic mass is 16.4. The van der Waals surface area contributed by atoms with Crippen LogP contribution in [0.3, 0.4) is 0 Å². The molecular weight excluding hydrogens is 328 g/mol. The van der Waals surface area contributed by atoms with Gasteiger partial charge in [-0.3, -0.25) is 14.5 Å². The van der Waals surface area contributed by atoms with Crippen molar-refractivity contribution in [2.45, 2.75) is 25.7 Å². The van der Waals surface area contributed by atoms with E-state index >= 15 is 0 Å². The first-order chi connectivity index (χ1) is 12.6. The van der Waals surface area contributed by atoms with Crippen LogP contribution in [0.1, 0.15) is 31.2 Å². The second kappa shape index (κ2) is 8.99. The third kappa shape index (κ3) is 4.73. The van der Waals surface area contributed by atoms with Crippen molar-refractivity contribution >= 4 is 18.0 Å². The fraction of sp³-hybridized carbons (Fsp3) is 0.524. The predicted octanol–water partition coefficient (Wildman–Crippen LogP) is 2.74. The van der Waals surface area contributed by atoms with Gasteiger partial charge in [-0.1, -0.05) is 55.3 Å². The molecule has 2 fully saturated rings. The van der Waals surface area contributed by atoms with Gasteiger partial charge in [-0.2, -0.15) is 0 Å². The van der Waals surface area contributed by atoms with Crippen LogP contribution in [0.4, 0.5) is 0 Å². The molecule has 5 nitrogen and oxygen atoms in total. The first-order valence-electron chi connectivity index (χ1n) is 9.60. The van der Waals surface area contributed by atoms with Crippen LogP contribution >= 0.6 is 0 Å². The van der Waals surface area contributed by atoms with Crippen LogP contribution in [0.15, 0.2) is 36.4 Å². The minimum atomic E-state index is -0.812. The lowest BCUT2D eigenvalue weighted by Crippen LogP contribution is -2.52. The minimum Gasteiger partial charge on any atom is -0.481 e. The Morgan fingerprint density at radius 3 is 2.31 bits per heavy atom. The van der Waals surface area contributed by atoms with Gasteiger partial charge in [-0.15, -0.1) is 0 Å². The van der Waals surface area contributed by atoms with Crippen LogP contribution in [0.25, 0.3) is 6.08 Å². The predicted molar refractivity (Wildman–Crippen MR) is 102 cm³/mol. The van der Waals surface area contributed by atoms with Crippen LogP contribution in [-0.4, -0.2) is 59.5 Å². The molecule has 1 heterocycles. The summed E-state index contributed by atoms with van der Waals surface area (Å²) in [6, 6.07) is 10.2. The summed E-state index contributed by atoms with van der Waals surface area (Å²) in [5, 5.41) is 9.40. The molecule has 0 spiro atoms. The number of carboxylic acids is 1. The number of carboxylic acid groups (broad SMARTS) is 1. The molecular formula is C21H28N2O3. The molecule has 1 aromatic carbocycles. The minimum absolute atomic E-state index is 0.0524. The molecule has 1 N–H and O–H groups in total. The average Bonchev–Trinajstić information content (AvgIpc) is 2.69. The summed E-state index contributed by atoms with van der Waals surface area (Å²) in [5.41, 5.74) is 1.19. The maximum Gasteiger partial charge on any atom is 0.307 e. The van der Waals surface area contributed by atoms with Gasteiger partial charge < -0.3 is 10.0 Å². The lowest BCUT2D eigenvalue weighted by molar-refractivity contribution is -0.153. The van der Waals surface area contributed by atoms with Gasteiger partial charge >= 0.3 is 5.97 Å². The van der Waals surface area contributed by atoms with Crippen LogP contribution in [0.2, 0.25) is 0 Å².